The van der Waals surface area contributed by atoms with Crippen molar-refractivity contribution in [2.45, 2.75) is 9.92 Å². The van der Waals surface area contributed by atoms with Crippen LogP contribution in [0.15, 0.2) is 67.5 Å². The summed E-state index contributed by atoms with van der Waals surface area (Å²) in [6.07, 6.45) is 1.46. The van der Waals surface area contributed by atoms with Gasteiger partial charge in [-0.15, -0.1) is 0 Å². The summed E-state index contributed by atoms with van der Waals surface area (Å²) in [5, 5.41) is 2.54. The summed E-state index contributed by atoms with van der Waals surface area (Å²) in [6, 6.07) is 11.4. The molecule has 3 aromatic rings. The molecule has 6 nitrogen and oxygen atoms in total. The normalized spacial score (nSPS) is 11.5. The lowest BCUT2D eigenvalue weighted by Crippen LogP contribution is -2.05. The van der Waals surface area contributed by atoms with Crippen LogP contribution in [0.2, 0.25) is 0 Å². The number of furan rings is 1. The highest BCUT2D eigenvalue weighted by Crippen LogP contribution is 2.31. The summed E-state index contributed by atoms with van der Waals surface area (Å²) >= 11 is 0. The molecule has 1 N–H and O–H groups in total. The highest BCUT2D eigenvalue weighted by atomic mass is 32.2. The molecule has 0 saturated carbocycles. The van der Waals surface area contributed by atoms with E-state index in [1.165, 1.54) is 18.4 Å². The fraction of sp³-hybridized carbons (Fsp3) is 0.0714. The number of nitrogens with zero attached hydrogens (tertiary/aromatic N) is 1. The van der Waals surface area contributed by atoms with Crippen LogP contribution in [0.25, 0.3) is 11.7 Å². The van der Waals surface area contributed by atoms with Crippen LogP contribution in [0.3, 0.4) is 0 Å². The topological polar surface area (TPSA) is 85.3 Å². The first-order valence-electron chi connectivity index (χ1n) is 6.15. The van der Waals surface area contributed by atoms with Gasteiger partial charge in [0.2, 0.25) is 20.7 Å². The highest BCUT2D eigenvalue weighted by molar-refractivity contribution is 7.91. The number of nitrogens with one attached hydrogen (secondary N) is 1. The van der Waals surface area contributed by atoms with Crippen LogP contribution >= 0.6 is 0 Å². The molecule has 7 heteroatoms. The Morgan fingerprint density at radius 3 is 2.48 bits per heavy atom. The number of benzene rings is 1. The predicted molar refractivity (Wildman–Crippen MR) is 75.6 cm³/mol. The van der Waals surface area contributed by atoms with Crippen LogP contribution in [0.1, 0.15) is 0 Å². The fourth-order valence-electron chi connectivity index (χ4n) is 1.86. The van der Waals surface area contributed by atoms with E-state index in [1.807, 2.05) is 0 Å². The van der Waals surface area contributed by atoms with Gasteiger partial charge in [-0.05, 0) is 24.3 Å². The molecule has 0 unspecified atom stereocenters. The number of rotatable bonds is 4. The maximum Gasteiger partial charge on any atom is 0.266 e. The third-order valence-corrected chi connectivity index (χ3v) is 4.54. The Labute approximate surface area is 121 Å². The zero-order valence-corrected chi connectivity index (χ0v) is 11.9. The monoisotopic (exact) mass is 304 g/mol. The SMILES string of the molecule is CNc1oc(-c2ccco2)nc1S(=O)(=O)c1ccccc1. The first kappa shape index (κ1) is 13.4. The Bertz CT molecular complexity index is 836. The van der Waals surface area contributed by atoms with Crippen LogP contribution in [0, 0.1) is 0 Å². The number of oxazole rings is 1. The lowest BCUT2D eigenvalue weighted by atomic mass is 10.4. The summed E-state index contributed by atoms with van der Waals surface area (Å²) in [5.74, 6) is 0.546. The second kappa shape index (κ2) is 5.10. The molecule has 1 aromatic carbocycles. The molecule has 3 rings (SSSR count). The molecule has 0 atom stereocenters. The molecule has 108 valence electrons. The molecular weight excluding hydrogens is 292 g/mol. The molecule has 0 aliphatic carbocycles. The van der Waals surface area contributed by atoms with Crippen LogP contribution in [-0.2, 0) is 9.84 Å². The van der Waals surface area contributed by atoms with Crippen molar-refractivity contribution in [1.82, 2.24) is 4.98 Å². The molecule has 2 heterocycles. The van der Waals surface area contributed by atoms with E-state index in [0.29, 0.717) is 5.76 Å². The van der Waals surface area contributed by atoms with E-state index in [1.54, 1.807) is 37.4 Å². The third kappa shape index (κ3) is 2.31. The summed E-state index contributed by atoms with van der Waals surface area (Å²) in [7, 11) is -2.20. The van der Waals surface area contributed by atoms with E-state index in [0.717, 1.165) is 0 Å². The molecule has 0 saturated heterocycles. The van der Waals surface area contributed by atoms with Gasteiger partial charge in [0, 0.05) is 7.05 Å². The van der Waals surface area contributed by atoms with Crippen molar-refractivity contribution in [2.24, 2.45) is 0 Å². The smallest absolute Gasteiger partial charge is 0.266 e. The van der Waals surface area contributed by atoms with Crippen molar-refractivity contribution < 1.29 is 17.3 Å². The molecule has 2 aromatic heterocycles. The first-order chi connectivity index (χ1) is 10.1. The molecule has 21 heavy (non-hydrogen) atoms. The van der Waals surface area contributed by atoms with Crippen LogP contribution < -0.4 is 5.32 Å². The Morgan fingerprint density at radius 2 is 1.86 bits per heavy atom. The number of anilines is 1. The van der Waals surface area contributed by atoms with Crippen LogP contribution in [-0.4, -0.2) is 20.4 Å². The van der Waals surface area contributed by atoms with E-state index >= 15 is 0 Å². The van der Waals surface area contributed by atoms with E-state index < -0.39 is 9.84 Å². The highest BCUT2D eigenvalue weighted by Gasteiger charge is 2.28. The molecule has 0 fully saturated rings. The average Bonchev–Trinajstić information content (AvgIpc) is 3.17. The van der Waals surface area contributed by atoms with Gasteiger partial charge in [0.05, 0.1) is 11.2 Å². The summed E-state index contributed by atoms with van der Waals surface area (Å²) in [5.41, 5.74) is 0. The van der Waals surface area contributed by atoms with Crippen molar-refractivity contribution >= 4 is 15.7 Å². The number of aromatic nitrogens is 1. The van der Waals surface area contributed by atoms with Crippen molar-refractivity contribution in [3.63, 3.8) is 0 Å². The van der Waals surface area contributed by atoms with Gasteiger partial charge in [0.1, 0.15) is 0 Å². The molecule has 0 amide bonds. The predicted octanol–water partition coefficient (Wildman–Crippen LogP) is 2.81. The van der Waals surface area contributed by atoms with Gasteiger partial charge in [0.25, 0.3) is 5.89 Å². The fourth-order valence-corrected chi connectivity index (χ4v) is 3.19. The van der Waals surface area contributed by atoms with Crippen molar-refractivity contribution in [3.05, 3.63) is 48.7 Å². The lowest BCUT2D eigenvalue weighted by Gasteiger charge is -2.02. The lowest BCUT2D eigenvalue weighted by molar-refractivity contribution is 0.524. The zero-order chi connectivity index (χ0) is 14.9. The average molecular weight is 304 g/mol. The largest absolute Gasteiger partial charge is 0.459 e. The number of sulfone groups is 1. The molecule has 0 radical (unpaired) electrons. The maximum atomic E-state index is 12.6. The van der Waals surface area contributed by atoms with Gasteiger partial charge >= 0.3 is 0 Å². The van der Waals surface area contributed by atoms with Crippen molar-refractivity contribution in [2.75, 3.05) is 12.4 Å². The van der Waals surface area contributed by atoms with E-state index in [2.05, 4.69) is 10.3 Å². The molecule has 0 aliphatic rings. The van der Waals surface area contributed by atoms with Crippen molar-refractivity contribution in [3.8, 4) is 11.7 Å². The van der Waals surface area contributed by atoms with Crippen LogP contribution in [0.5, 0.6) is 0 Å². The first-order valence-corrected chi connectivity index (χ1v) is 7.64. The van der Waals surface area contributed by atoms with E-state index in [9.17, 15) is 8.42 Å². The second-order valence-corrected chi connectivity index (χ2v) is 6.06. The van der Waals surface area contributed by atoms with E-state index in [-0.39, 0.29) is 21.7 Å². The van der Waals surface area contributed by atoms with E-state index in [4.69, 9.17) is 8.83 Å². The maximum absolute atomic E-state index is 12.6. The van der Waals surface area contributed by atoms with Gasteiger partial charge in [-0.3, -0.25) is 0 Å². The quantitative estimate of drug-likeness (QED) is 0.797. The number of hydrogen-bond donors (Lipinski definition) is 1. The van der Waals surface area contributed by atoms with Gasteiger partial charge in [-0.25, -0.2) is 8.42 Å². The minimum atomic E-state index is -3.76. The zero-order valence-electron chi connectivity index (χ0n) is 11.1. The number of hydrogen-bond acceptors (Lipinski definition) is 6. The Kier molecular flexibility index (Phi) is 3.26. The molecule has 0 bridgehead atoms. The standard InChI is InChI=1S/C14H12N2O4S/c1-15-13-14(16-12(20-13)11-8-5-9-19-11)21(17,18)10-6-3-2-4-7-10/h2-9,15H,1H3. The Morgan fingerprint density at radius 1 is 1.10 bits per heavy atom. The van der Waals surface area contributed by atoms with Crippen molar-refractivity contribution in [1.29, 1.82) is 0 Å². The van der Waals surface area contributed by atoms with Gasteiger partial charge in [-0.2, -0.15) is 4.98 Å². The second-order valence-electron chi connectivity index (χ2n) is 4.20. The third-order valence-electron chi connectivity index (χ3n) is 2.86. The van der Waals surface area contributed by atoms with Gasteiger partial charge in [0.15, 0.2) is 5.76 Å². The molecular formula is C14H12N2O4S. The van der Waals surface area contributed by atoms with Crippen LogP contribution in [0.4, 0.5) is 5.88 Å². The minimum Gasteiger partial charge on any atom is -0.459 e. The Balaban J connectivity index is 2.14. The molecule has 0 spiro atoms. The summed E-state index contributed by atoms with van der Waals surface area (Å²) in [6.45, 7) is 0. The summed E-state index contributed by atoms with van der Waals surface area (Å²) < 4.78 is 35.8. The van der Waals surface area contributed by atoms with Gasteiger partial charge in [-0.1, -0.05) is 18.2 Å². The molecule has 0 aliphatic heterocycles. The van der Waals surface area contributed by atoms with Gasteiger partial charge < -0.3 is 14.2 Å². The summed E-state index contributed by atoms with van der Waals surface area (Å²) in [4.78, 5) is 4.21. The minimum absolute atomic E-state index is 0.0743. The Hall–Kier alpha value is -2.54.